The normalized spacial score (nSPS) is 15.3. The molecule has 1 aliphatic carbocycles. The molecule has 1 atom stereocenters. The molecule has 1 heterocycles. The number of rotatable bonds is 4. The van der Waals surface area contributed by atoms with Gasteiger partial charge in [0.15, 0.2) is 0 Å². The molecule has 0 saturated carbocycles. The minimum atomic E-state index is -0.235. The zero-order chi connectivity index (χ0) is 14.1. The first-order chi connectivity index (χ1) is 9.67. The fraction of sp³-hybridized carbons (Fsp3) is 0.333. The SMILES string of the molecule is NNC(Cc1ccc(F)c(Br)c1)c1cc2c(s1)CCC2. The van der Waals surface area contributed by atoms with Gasteiger partial charge >= 0.3 is 0 Å². The minimum absolute atomic E-state index is 0.0861. The van der Waals surface area contributed by atoms with Gasteiger partial charge in [-0.05, 0) is 70.9 Å². The van der Waals surface area contributed by atoms with Crippen molar-refractivity contribution in [2.24, 2.45) is 5.84 Å². The van der Waals surface area contributed by atoms with Crippen LogP contribution in [0.2, 0.25) is 0 Å². The van der Waals surface area contributed by atoms with Gasteiger partial charge < -0.3 is 0 Å². The summed E-state index contributed by atoms with van der Waals surface area (Å²) >= 11 is 5.08. The number of hydrogen-bond donors (Lipinski definition) is 2. The predicted octanol–water partition coefficient (Wildman–Crippen LogP) is 3.89. The summed E-state index contributed by atoms with van der Waals surface area (Å²) in [6.07, 6.45) is 4.41. The van der Waals surface area contributed by atoms with E-state index in [0.29, 0.717) is 4.47 Å². The van der Waals surface area contributed by atoms with E-state index in [0.717, 1.165) is 12.0 Å². The Hall–Kier alpha value is -0.750. The maximum Gasteiger partial charge on any atom is 0.137 e. The molecule has 1 aromatic carbocycles. The lowest BCUT2D eigenvalue weighted by Crippen LogP contribution is -2.29. The third-order valence-electron chi connectivity index (χ3n) is 3.73. The first kappa shape index (κ1) is 14.2. The van der Waals surface area contributed by atoms with Gasteiger partial charge in [-0.15, -0.1) is 11.3 Å². The molecule has 1 aliphatic rings. The van der Waals surface area contributed by atoms with Crippen LogP contribution in [0.15, 0.2) is 28.7 Å². The summed E-state index contributed by atoms with van der Waals surface area (Å²) in [4.78, 5) is 2.78. The maximum absolute atomic E-state index is 13.3. The van der Waals surface area contributed by atoms with Gasteiger partial charge in [0.2, 0.25) is 0 Å². The van der Waals surface area contributed by atoms with Crippen LogP contribution in [0.5, 0.6) is 0 Å². The first-order valence-electron chi connectivity index (χ1n) is 6.69. The van der Waals surface area contributed by atoms with E-state index < -0.39 is 0 Å². The first-order valence-corrected chi connectivity index (χ1v) is 8.30. The van der Waals surface area contributed by atoms with Crippen molar-refractivity contribution in [1.29, 1.82) is 0 Å². The summed E-state index contributed by atoms with van der Waals surface area (Å²) in [5.41, 5.74) is 5.43. The van der Waals surface area contributed by atoms with Gasteiger partial charge in [0, 0.05) is 9.75 Å². The van der Waals surface area contributed by atoms with Crippen molar-refractivity contribution in [3.05, 3.63) is 55.4 Å². The van der Waals surface area contributed by atoms with Crippen molar-refractivity contribution in [2.45, 2.75) is 31.7 Å². The number of thiophene rings is 1. The zero-order valence-electron chi connectivity index (χ0n) is 11.0. The Morgan fingerprint density at radius 3 is 2.90 bits per heavy atom. The minimum Gasteiger partial charge on any atom is -0.271 e. The topological polar surface area (TPSA) is 38.0 Å². The van der Waals surface area contributed by atoms with Gasteiger partial charge in [0.25, 0.3) is 0 Å². The Kier molecular flexibility index (Phi) is 4.21. The van der Waals surface area contributed by atoms with Crippen LogP contribution in [0.4, 0.5) is 4.39 Å². The highest BCUT2D eigenvalue weighted by Crippen LogP contribution is 2.34. The highest BCUT2D eigenvalue weighted by Gasteiger charge is 2.20. The van der Waals surface area contributed by atoms with E-state index >= 15 is 0 Å². The molecule has 2 aromatic rings. The molecule has 20 heavy (non-hydrogen) atoms. The quantitative estimate of drug-likeness (QED) is 0.645. The number of halogens is 2. The number of benzene rings is 1. The second-order valence-corrected chi connectivity index (χ2v) is 7.15. The van der Waals surface area contributed by atoms with Gasteiger partial charge in [0.05, 0.1) is 10.5 Å². The van der Waals surface area contributed by atoms with E-state index in [1.165, 1.54) is 40.6 Å². The van der Waals surface area contributed by atoms with Crippen LogP contribution in [0.1, 0.15) is 33.3 Å². The molecule has 5 heteroatoms. The summed E-state index contributed by atoms with van der Waals surface area (Å²) in [5, 5.41) is 0. The van der Waals surface area contributed by atoms with Crippen LogP contribution in [0, 0.1) is 5.82 Å². The van der Waals surface area contributed by atoms with Crippen LogP contribution >= 0.6 is 27.3 Å². The second kappa shape index (κ2) is 5.93. The van der Waals surface area contributed by atoms with E-state index in [-0.39, 0.29) is 11.9 Å². The van der Waals surface area contributed by atoms with E-state index in [1.54, 1.807) is 0 Å². The molecule has 3 rings (SSSR count). The summed E-state index contributed by atoms with van der Waals surface area (Å²) < 4.78 is 13.8. The van der Waals surface area contributed by atoms with Crippen LogP contribution in [-0.4, -0.2) is 0 Å². The summed E-state index contributed by atoms with van der Waals surface area (Å²) in [6, 6.07) is 7.48. The summed E-state index contributed by atoms with van der Waals surface area (Å²) in [5.74, 6) is 5.48. The van der Waals surface area contributed by atoms with Crippen molar-refractivity contribution >= 4 is 27.3 Å². The lowest BCUT2D eigenvalue weighted by molar-refractivity contribution is 0.558. The zero-order valence-corrected chi connectivity index (χ0v) is 13.4. The highest BCUT2D eigenvalue weighted by atomic mass is 79.9. The Morgan fingerprint density at radius 2 is 2.20 bits per heavy atom. The Labute approximate surface area is 130 Å². The molecule has 0 aliphatic heterocycles. The van der Waals surface area contributed by atoms with Crippen LogP contribution in [-0.2, 0) is 19.3 Å². The number of nitrogens with one attached hydrogen (secondary N) is 1. The molecule has 1 aromatic heterocycles. The molecule has 0 saturated heterocycles. The number of aryl methyl sites for hydroxylation is 2. The molecule has 2 nitrogen and oxygen atoms in total. The second-order valence-electron chi connectivity index (χ2n) is 5.12. The summed E-state index contributed by atoms with van der Waals surface area (Å²) in [7, 11) is 0. The molecule has 0 bridgehead atoms. The average molecular weight is 355 g/mol. The fourth-order valence-electron chi connectivity index (χ4n) is 2.67. The van der Waals surface area contributed by atoms with Crippen molar-refractivity contribution in [3.63, 3.8) is 0 Å². The molecular formula is C15H16BrFN2S. The van der Waals surface area contributed by atoms with Gasteiger partial charge in [-0.3, -0.25) is 11.3 Å². The van der Waals surface area contributed by atoms with E-state index in [4.69, 9.17) is 5.84 Å². The lowest BCUT2D eigenvalue weighted by Gasteiger charge is -2.14. The Bertz CT molecular complexity index is 605. The maximum atomic E-state index is 13.3. The van der Waals surface area contributed by atoms with Crippen LogP contribution in [0.25, 0.3) is 0 Å². The number of nitrogens with two attached hydrogens (primary N) is 1. The highest BCUT2D eigenvalue weighted by molar-refractivity contribution is 9.10. The monoisotopic (exact) mass is 354 g/mol. The third kappa shape index (κ3) is 2.81. The number of hydrazine groups is 1. The third-order valence-corrected chi connectivity index (χ3v) is 5.69. The van der Waals surface area contributed by atoms with Crippen molar-refractivity contribution in [1.82, 2.24) is 5.43 Å². The largest absolute Gasteiger partial charge is 0.271 e. The predicted molar refractivity (Wildman–Crippen MR) is 84.2 cm³/mol. The van der Waals surface area contributed by atoms with Crippen LogP contribution in [0.3, 0.4) is 0 Å². The fourth-order valence-corrected chi connectivity index (χ4v) is 4.41. The standard InChI is InChI=1S/C15H16BrFN2S/c16-11-6-9(4-5-12(11)17)7-13(19-18)15-8-10-2-1-3-14(10)20-15/h4-6,8,13,19H,1-3,7,18H2. The van der Waals surface area contributed by atoms with E-state index in [2.05, 4.69) is 27.4 Å². The molecule has 0 fully saturated rings. The Morgan fingerprint density at radius 1 is 1.35 bits per heavy atom. The van der Waals surface area contributed by atoms with Gasteiger partial charge in [-0.2, -0.15) is 0 Å². The molecule has 106 valence electrons. The van der Waals surface area contributed by atoms with Gasteiger partial charge in [-0.25, -0.2) is 4.39 Å². The summed E-state index contributed by atoms with van der Waals surface area (Å²) in [6.45, 7) is 0. The molecule has 0 radical (unpaired) electrons. The molecule has 0 spiro atoms. The van der Waals surface area contributed by atoms with Gasteiger partial charge in [0.1, 0.15) is 5.82 Å². The van der Waals surface area contributed by atoms with Gasteiger partial charge in [-0.1, -0.05) is 6.07 Å². The number of hydrogen-bond acceptors (Lipinski definition) is 3. The van der Waals surface area contributed by atoms with Crippen molar-refractivity contribution in [2.75, 3.05) is 0 Å². The smallest absolute Gasteiger partial charge is 0.137 e. The molecule has 1 unspecified atom stereocenters. The molecular weight excluding hydrogens is 339 g/mol. The van der Waals surface area contributed by atoms with Crippen molar-refractivity contribution < 1.29 is 4.39 Å². The lowest BCUT2D eigenvalue weighted by atomic mass is 10.0. The molecule has 0 amide bonds. The van der Waals surface area contributed by atoms with E-state index in [1.807, 2.05) is 23.5 Å². The van der Waals surface area contributed by atoms with Crippen LogP contribution < -0.4 is 11.3 Å². The van der Waals surface area contributed by atoms with E-state index in [9.17, 15) is 4.39 Å². The van der Waals surface area contributed by atoms with Crippen molar-refractivity contribution in [3.8, 4) is 0 Å². The number of fused-ring (bicyclic) bond motifs is 1. The Balaban J connectivity index is 1.80. The average Bonchev–Trinajstić information content (AvgIpc) is 3.01. The molecule has 3 N–H and O–H groups in total.